The van der Waals surface area contributed by atoms with Gasteiger partial charge in [0.2, 0.25) is 0 Å². The summed E-state index contributed by atoms with van der Waals surface area (Å²) in [4.78, 5) is 13.8. The van der Waals surface area contributed by atoms with Crippen LogP contribution in [0.25, 0.3) is 0 Å². The van der Waals surface area contributed by atoms with Crippen LogP contribution >= 0.6 is 0 Å². The fraction of sp³-hybridized carbons (Fsp3) is 0.462. The molecule has 5 heteroatoms. The Morgan fingerprint density at radius 2 is 2.28 bits per heavy atom. The molecule has 2 rings (SSSR count). The number of anilines is 2. The highest BCUT2D eigenvalue weighted by Crippen LogP contribution is 2.35. The minimum absolute atomic E-state index is 0.0182. The maximum atomic E-state index is 12.1. The number of fused-ring (bicyclic) bond motifs is 1. The van der Waals surface area contributed by atoms with Crippen molar-refractivity contribution in [2.24, 2.45) is 5.92 Å². The number of hydrogen-bond donors (Lipinski definition) is 2. The van der Waals surface area contributed by atoms with Crippen LogP contribution < -0.4 is 15.4 Å². The summed E-state index contributed by atoms with van der Waals surface area (Å²) in [5.74, 6) is 0.546. The molecule has 0 spiro atoms. The first-order chi connectivity index (χ1) is 8.52. The first kappa shape index (κ1) is 12.7. The molecule has 2 atom stereocenters. The number of nitrogens with two attached hydrogens (primary N) is 1. The van der Waals surface area contributed by atoms with Crippen molar-refractivity contribution in [3.8, 4) is 5.75 Å². The Kier molecular flexibility index (Phi) is 3.43. The monoisotopic (exact) mass is 250 g/mol. The number of nitrogen functional groups attached to an aromatic ring is 1. The maximum Gasteiger partial charge on any atom is 0.267 e. The minimum atomic E-state index is -0.523. The van der Waals surface area contributed by atoms with Crippen LogP contribution in [-0.2, 0) is 4.79 Å². The van der Waals surface area contributed by atoms with Crippen LogP contribution in [0, 0.1) is 5.92 Å². The van der Waals surface area contributed by atoms with E-state index in [2.05, 4.69) is 0 Å². The first-order valence-corrected chi connectivity index (χ1v) is 6.01. The van der Waals surface area contributed by atoms with E-state index in [4.69, 9.17) is 15.6 Å². The van der Waals surface area contributed by atoms with Crippen molar-refractivity contribution in [1.29, 1.82) is 0 Å². The number of carbonyl (C=O) groups is 1. The Bertz CT molecular complexity index is 462. The molecule has 2 unspecified atom stereocenters. The smallest absolute Gasteiger partial charge is 0.267 e. The number of ether oxygens (including phenoxy) is 1. The van der Waals surface area contributed by atoms with Gasteiger partial charge in [0.15, 0.2) is 6.10 Å². The molecular weight excluding hydrogens is 232 g/mol. The van der Waals surface area contributed by atoms with Crippen LogP contribution in [0.3, 0.4) is 0 Å². The van der Waals surface area contributed by atoms with Crippen LogP contribution in [-0.4, -0.2) is 30.3 Å². The number of benzene rings is 1. The summed E-state index contributed by atoms with van der Waals surface area (Å²) in [6.07, 6.45) is -0.523. The summed E-state index contributed by atoms with van der Waals surface area (Å²) in [5, 5.41) is 9.12. The Labute approximate surface area is 106 Å². The van der Waals surface area contributed by atoms with Crippen molar-refractivity contribution in [2.45, 2.75) is 20.0 Å². The highest BCUT2D eigenvalue weighted by atomic mass is 16.5. The lowest BCUT2D eigenvalue weighted by molar-refractivity contribution is -0.125. The SMILES string of the molecule is CC(CO)CN1C(=O)C(C)Oc2cc(N)ccc21. The van der Waals surface area contributed by atoms with Crippen molar-refractivity contribution in [2.75, 3.05) is 23.8 Å². The van der Waals surface area contributed by atoms with Gasteiger partial charge in [0, 0.05) is 24.9 Å². The molecule has 0 saturated carbocycles. The number of carbonyl (C=O) groups excluding carboxylic acids is 1. The second-order valence-electron chi connectivity index (χ2n) is 4.72. The molecular formula is C13H18N2O3. The molecule has 5 nitrogen and oxygen atoms in total. The third kappa shape index (κ3) is 2.26. The van der Waals surface area contributed by atoms with Crippen molar-refractivity contribution in [3.63, 3.8) is 0 Å². The van der Waals surface area contributed by atoms with E-state index in [0.717, 1.165) is 0 Å². The van der Waals surface area contributed by atoms with Gasteiger partial charge in [0.25, 0.3) is 5.91 Å². The standard InChI is InChI=1S/C13H18N2O3/c1-8(7-16)6-15-11-4-3-10(14)5-12(11)18-9(2)13(15)17/h3-5,8-9,16H,6-7,14H2,1-2H3. The number of amides is 1. The van der Waals surface area contributed by atoms with E-state index in [0.29, 0.717) is 23.7 Å². The summed E-state index contributed by atoms with van der Waals surface area (Å²) < 4.78 is 5.54. The van der Waals surface area contributed by atoms with E-state index < -0.39 is 6.10 Å². The molecule has 98 valence electrons. The van der Waals surface area contributed by atoms with Gasteiger partial charge in [0.05, 0.1) is 5.69 Å². The highest BCUT2D eigenvalue weighted by Gasteiger charge is 2.32. The van der Waals surface area contributed by atoms with Crippen LogP contribution in [0.4, 0.5) is 11.4 Å². The van der Waals surface area contributed by atoms with Crippen molar-refractivity contribution < 1.29 is 14.6 Å². The number of rotatable bonds is 3. The molecule has 1 heterocycles. The Morgan fingerprint density at radius 1 is 1.56 bits per heavy atom. The molecule has 0 radical (unpaired) electrons. The van der Waals surface area contributed by atoms with E-state index in [9.17, 15) is 4.79 Å². The Hall–Kier alpha value is -1.75. The molecule has 1 aromatic carbocycles. The zero-order chi connectivity index (χ0) is 13.3. The van der Waals surface area contributed by atoms with Gasteiger partial charge in [-0.25, -0.2) is 0 Å². The van der Waals surface area contributed by atoms with Crippen molar-refractivity contribution >= 4 is 17.3 Å². The summed E-state index contributed by atoms with van der Waals surface area (Å²) in [5.41, 5.74) is 7.03. The third-order valence-electron chi connectivity index (χ3n) is 3.00. The molecule has 0 fully saturated rings. The number of aliphatic hydroxyl groups excluding tert-OH is 1. The first-order valence-electron chi connectivity index (χ1n) is 6.01. The predicted octanol–water partition coefficient (Wildman–Crippen LogP) is 1.01. The zero-order valence-electron chi connectivity index (χ0n) is 10.6. The summed E-state index contributed by atoms with van der Waals surface area (Å²) in [6, 6.07) is 5.23. The van der Waals surface area contributed by atoms with Gasteiger partial charge in [0.1, 0.15) is 5.75 Å². The van der Waals surface area contributed by atoms with Crippen LogP contribution in [0.15, 0.2) is 18.2 Å². The quantitative estimate of drug-likeness (QED) is 0.785. The molecule has 0 aliphatic carbocycles. The van der Waals surface area contributed by atoms with Gasteiger partial charge in [-0.15, -0.1) is 0 Å². The second-order valence-corrected chi connectivity index (χ2v) is 4.72. The van der Waals surface area contributed by atoms with Gasteiger partial charge in [-0.1, -0.05) is 6.92 Å². The maximum absolute atomic E-state index is 12.1. The van der Waals surface area contributed by atoms with E-state index >= 15 is 0 Å². The average molecular weight is 250 g/mol. The number of nitrogens with zero attached hydrogens (tertiary/aromatic N) is 1. The molecule has 1 aliphatic heterocycles. The zero-order valence-corrected chi connectivity index (χ0v) is 10.6. The molecule has 3 N–H and O–H groups in total. The Morgan fingerprint density at radius 3 is 2.94 bits per heavy atom. The summed E-state index contributed by atoms with van der Waals surface area (Å²) in [6.45, 7) is 4.12. The normalized spacial score (nSPS) is 20.3. The second kappa shape index (κ2) is 4.86. The lowest BCUT2D eigenvalue weighted by Gasteiger charge is -2.34. The molecule has 0 bridgehead atoms. The van der Waals surface area contributed by atoms with E-state index in [1.807, 2.05) is 6.92 Å². The number of hydrogen-bond acceptors (Lipinski definition) is 4. The van der Waals surface area contributed by atoms with Crippen LogP contribution in [0.5, 0.6) is 5.75 Å². The molecule has 1 aliphatic rings. The summed E-state index contributed by atoms with van der Waals surface area (Å²) in [7, 11) is 0. The third-order valence-corrected chi connectivity index (χ3v) is 3.00. The highest BCUT2D eigenvalue weighted by molar-refractivity contribution is 6.00. The van der Waals surface area contributed by atoms with Gasteiger partial charge in [-0.05, 0) is 25.0 Å². The van der Waals surface area contributed by atoms with Crippen LogP contribution in [0.2, 0.25) is 0 Å². The largest absolute Gasteiger partial charge is 0.479 e. The summed E-state index contributed by atoms with van der Waals surface area (Å²) >= 11 is 0. The van der Waals surface area contributed by atoms with E-state index in [1.54, 1.807) is 30.0 Å². The van der Waals surface area contributed by atoms with Crippen molar-refractivity contribution in [3.05, 3.63) is 18.2 Å². The van der Waals surface area contributed by atoms with Gasteiger partial charge in [-0.3, -0.25) is 4.79 Å². The van der Waals surface area contributed by atoms with Gasteiger partial charge in [-0.2, -0.15) is 0 Å². The molecule has 1 amide bonds. The predicted molar refractivity (Wildman–Crippen MR) is 69.5 cm³/mol. The molecule has 1 aromatic rings. The topological polar surface area (TPSA) is 75.8 Å². The van der Waals surface area contributed by atoms with Crippen LogP contribution in [0.1, 0.15) is 13.8 Å². The number of aliphatic hydroxyl groups is 1. The van der Waals surface area contributed by atoms with E-state index in [-0.39, 0.29) is 18.4 Å². The lowest BCUT2D eigenvalue weighted by atomic mass is 10.1. The average Bonchev–Trinajstić information content (AvgIpc) is 2.34. The van der Waals surface area contributed by atoms with Gasteiger partial charge >= 0.3 is 0 Å². The van der Waals surface area contributed by atoms with Crippen molar-refractivity contribution in [1.82, 2.24) is 0 Å². The van der Waals surface area contributed by atoms with E-state index in [1.165, 1.54) is 0 Å². The van der Waals surface area contributed by atoms with Gasteiger partial charge < -0.3 is 20.5 Å². The molecule has 18 heavy (non-hydrogen) atoms. The Balaban J connectivity index is 2.36. The molecule has 0 aromatic heterocycles. The lowest BCUT2D eigenvalue weighted by Crippen LogP contribution is -2.46. The minimum Gasteiger partial charge on any atom is -0.479 e. The fourth-order valence-corrected chi connectivity index (χ4v) is 1.98. The fourth-order valence-electron chi connectivity index (χ4n) is 1.98. The molecule has 0 saturated heterocycles.